The van der Waals surface area contributed by atoms with Gasteiger partial charge in [0.25, 0.3) is 0 Å². The lowest BCUT2D eigenvalue weighted by molar-refractivity contribution is -0.137. The van der Waals surface area contributed by atoms with Gasteiger partial charge in [-0.25, -0.2) is 12.8 Å². The van der Waals surface area contributed by atoms with E-state index >= 15 is 0 Å². The Morgan fingerprint density at radius 1 is 1.42 bits per heavy atom. The first-order valence-corrected chi connectivity index (χ1v) is 10.2. The van der Waals surface area contributed by atoms with E-state index in [4.69, 9.17) is 5.11 Å². The molecular formula is C16H22FNO4S2. The zero-order valence-corrected chi connectivity index (χ0v) is 15.6. The van der Waals surface area contributed by atoms with Gasteiger partial charge >= 0.3 is 5.97 Å². The van der Waals surface area contributed by atoms with Crippen LogP contribution in [0.5, 0.6) is 0 Å². The van der Waals surface area contributed by atoms with Crippen molar-refractivity contribution in [2.75, 3.05) is 18.1 Å². The van der Waals surface area contributed by atoms with Gasteiger partial charge < -0.3 is 5.11 Å². The van der Waals surface area contributed by atoms with Crippen LogP contribution < -0.4 is 0 Å². The van der Waals surface area contributed by atoms with E-state index < -0.39 is 33.3 Å². The minimum Gasteiger partial charge on any atom is -0.481 e. The highest BCUT2D eigenvalue weighted by Crippen LogP contribution is 2.30. The number of carboxylic acid groups (broad SMARTS) is 1. The molecule has 8 heteroatoms. The summed E-state index contributed by atoms with van der Waals surface area (Å²) in [4.78, 5) is 10.9. The summed E-state index contributed by atoms with van der Waals surface area (Å²) in [5, 5.41) is 9.00. The Hall–Kier alpha value is -1.12. The molecule has 1 heterocycles. The number of aliphatic carboxylic acids is 1. The molecule has 0 bridgehead atoms. The number of halogens is 1. The van der Waals surface area contributed by atoms with Crippen molar-refractivity contribution in [2.24, 2.45) is 0 Å². The minimum atomic E-state index is -3.92. The van der Waals surface area contributed by atoms with Gasteiger partial charge in [0.05, 0.1) is 11.3 Å². The number of nitrogens with zero attached hydrogens (tertiary/aromatic N) is 1. The highest BCUT2D eigenvalue weighted by Gasteiger charge is 2.35. The molecule has 1 aliphatic heterocycles. The van der Waals surface area contributed by atoms with Crippen LogP contribution >= 0.6 is 11.8 Å². The van der Waals surface area contributed by atoms with E-state index in [1.54, 1.807) is 0 Å². The molecule has 1 aromatic carbocycles. The molecule has 0 aliphatic carbocycles. The van der Waals surface area contributed by atoms with Crippen LogP contribution in [0.25, 0.3) is 0 Å². The molecule has 1 fully saturated rings. The second-order valence-corrected chi connectivity index (χ2v) is 9.87. The number of carbonyl (C=O) groups is 1. The molecule has 2 rings (SSSR count). The maximum Gasteiger partial charge on any atom is 0.305 e. The Morgan fingerprint density at radius 2 is 2.08 bits per heavy atom. The molecule has 0 saturated carbocycles. The van der Waals surface area contributed by atoms with Crippen LogP contribution in [0.4, 0.5) is 4.39 Å². The predicted octanol–water partition coefficient (Wildman–Crippen LogP) is 2.70. The maximum absolute atomic E-state index is 14.4. The van der Waals surface area contributed by atoms with Crippen molar-refractivity contribution < 1.29 is 22.7 Å². The third-order valence-corrected chi connectivity index (χ3v) is 6.98. The van der Waals surface area contributed by atoms with Crippen LogP contribution in [-0.2, 0) is 20.2 Å². The lowest BCUT2D eigenvalue weighted by atomic mass is 9.87. The van der Waals surface area contributed by atoms with Crippen LogP contribution in [0.2, 0.25) is 0 Å². The summed E-state index contributed by atoms with van der Waals surface area (Å²) in [5.41, 5.74) is 0.0118. The predicted molar refractivity (Wildman–Crippen MR) is 92.4 cm³/mol. The van der Waals surface area contributed by atoms with E-state index in [1.807, 2.05) is 20.8 Å². The zero-order chi connectivity index (χ0) is 18.1. The Bertz CT molecular complexity index is 728. The fraction of sp³-hybridized carbons (Fsp3) is 0.562. The highest BCUT2D eigenvalue weighted by atomic mass is 32.2. The van der Waals surface area contributed by atoms with Crippen LogP contribution in [0.3, 0.4) is 0 Å². The number of rotatable bonds is 4. The van der Waals surface area contributed by atoms with Crippen molar-refractivity contribution in [1.29, 1.82) is 0 Å². The second kappa shape index (κ2) is 7.01. The Labute approximate surface area is 146 Å². The monoisotopic (exact) mass is 375 g/mol. The van der Waals surface area contributed by atoms with Crippen molar-refractivity contribution in [3.8, 4) is 0 Å². The van der Waals surface area contributed by atoms with Gasteiger partial charge in [-0.1, -0.05) is 26.8 Å². The molecule has 0 radical (unpaired) electrons. The number of benzene rings is 1. The lowest BCUT2D eigenvalue weighted by Crippen LogP contribution is -2.47. The molecule has 1 saturated heterocycles. The number of thioether (sulfide) groups is 1. The van der Waals surface area contributed by atoms with Gasteiger partial charge in [-0.2, -0.15) is 16.1 Å². The lowest BCUT2D eigenvalue weighted by Gasteiger charge is -2.33. The van der Waals surface area contributed by atoms with E-state index in [1.165, 1.54) is 28.2 Å². The molecule has 5 nitrogen and oxygen atoms in total. The van der Waals surface area contributed by atoms with E-state index in [-0.39, 0.29) is 17.9 Å². The standard InChI is InChI=1S/C16H22FNO4S2/c1-16(2,3)13-5-4-12(9-14(13)17)24(21,22)18-6-7-23-10-11(18)8-15(19)20/h4-5,9,11H,6-8,10H2,1-3H3,(H,19,20). The SMILES string of the molecule is CC(C)(C)c1ccc(S(=O)(=O)N2CCSCC2CC(=O)O)cc1F. The quantitative estimate of drug-likeness (QED) is 0.876. The molecule has 1 atom stereocenters. The Balaban J connectivity index is 2.38. The van der Waals surface area contributed by atoms with Gasteiger partial charge in [-0.3, -0.25) is 4.79 Å². The first-order valence-electron chi connectivity index (χ1n) is 7.65. The van der Waals surface area contributed by atoms with Crippen LogP contribution in [0.1, 0.15) is 32.8 Å². The van der Waals surface area contributed by atoms with Crippen molar-refractivity contribution >= 4 is 27.8 Å². The summed E-state index contributed by atoms with van der Waals surface area (Å²) in [5.74, 6) is -0.590. The molecule has 1 aliphatic rings. The third-order valence-electron chi connectivity index (χ3n) is 3.94. The Kier molecular flexibility index (Phi) is 5.61. The molecule has 0 aromatic heterocycles. The van der Waals surface area contributed by atoms with Crippen LogP contribution in [0, 0.1) is 5.82 Å². The topological polar surface area (TPSA) is 74.7 Å². The minimum absolute atomic E-state index is 0.129. The van der Waals surface area contributed by atoms with Crippen molar-refractivity contribution in [3.63, 3.8) is 0 Å². The maximum atomic E-state index is 14.4. The molecular weight excluding hydrogens is 353 g/mol. The van der Waals surface area contributed by atoms with Crippen molar-refractivity contribution in [3.05, 3.63) is 29.6 Å². The van der Waals surface area contributed by atoms with Gasteiger partial charge in [0.1, 0.15) is 5.82 Å². The normalized spacial score (nSPS) is 20.1. The van der Waals surface area contributed by atoms with Gasteiger partial charge in [-0.15, -0.1) is 0 Å². The fourth-order valence-corrected chi connectivity index (χ4v) is 5.63. The number of carboxylic acids is 1. The number of hydrogen-bond acceptors (Lipinski definition) is 4. The number of hydrogen-bond donors (Lipinski definition) is 1. The Morgan fingerprint density at radius 3 is 2.62 bits per heavy atom. The van der Waals surface area contributed by atoms with E-state index in [2.05, 4.69) is 0 Å². The molecule has 0 spiro atoms. The third kappa shape index (κ3) is 4.10. The highest BCUT2D eigenvalue weighted by molar-refractivity contribution is 7.99. The summed E-state index contributed by atoms with van der Waals surface area (Å²) in [6.07, 6.45) is -0.255. The summed E-state index contributed by atoms with van der Waals surface area (Å²) in [6, 6.07) is 3.32. The molecule has 134 valence electrons. The van der Waals surface area contributed by atoms with Crippen LogP contribution in [-0.4, -0.2) is 47.9 Å². The second-order valence-electron chi connectivity index (χ2n) is 6.83. The first-order chi connectivity index (χ1) is 11.0. The number of sulfonamides is 1. The largest absolute Gasteiger partial charge is 0.481 e. The smallest absolute Gasteiger partial charge is 0.305 e. The summed E-state index contributed by atoms with van der Waals surface area (Å²) in [7, 11) is -3.92. The van der Waals surface area contributed by atoms with Crippen molar-refractivity contribution in [1.82, 2.24) is 4.31 Å². The van der Waals surface area contributed by atoms with E-state index in [9.17, 15) is 17.6 Å². The zero-order valence-electron chi connectivity index (χ0n) is 14.0. The summed E-state index contributed by atoms with van der Waals surface area (Å²) >= 11 is 1.53. The van der Waals surface area contributed by atoms with E-state index in [0.29, 0.717) is 17.1 Å². The first kappa shape index (κ1) is 19.2. The van der Waals surface area contributed by atoms with Gasteiger partial charge in [-0.05, 0) is 23.1 Å². The van der Waals surface area contributed by atoms with Crippen LogP contribution in [0.15, 0.2) is 23.1 Å². The fourth-order valence-electron chi connectivity index (χ4n) is 2.72. The molecule has 0 amide bonds. The molecule has 1 N–H and O–H groups in total. The van der Waals surface area contributed by atoms with E-state index in [0.717, 1.165) is 6.07 Å². The van der Waals surface area contributed by atoms with Gasteiger partial charge in [0, 0.05) is 24.1 Å². The molecule has 24 heavy (non-hydrogen) atoms. The summed E-state index contributed by atoms with van der Waals surface area (Å²) < 4.78 is 41.3. The molecule has 1 unspecified atom stereocenters. The van der Waals surface area contributed by atoms with Gasteiger partial charge in [0.15, 0.2) is 0 Å². The molecule has 1 aromatic rings. The summed E-state index contributed by atoms with van der Waals surface area (Å²) in [6.45, 7) is 5.78. The average molecular weight is 375 g/mol. The van der Waals surface area contributed by atoms with Gasteiger partial charge in [0.2, 0.25) is 10.0 Å². The van der Waals surface area contributed by atoms with Crippen molar-refractivity contribution in [2.45, 2.75) is 43.5 Å². The average Bonchev–Trinajstić information content (AvgIpc) is 2.45.